The average Bonchev–Trinajstić information content (AvgIpc) is 2.87. The van der Waals surface area contributed by atoms with E-state index in [4.69, 9.17) is 0 Å². The monoisotopic (exact) mass is 170 g/mol. The first kappa shape index (κ1) is 10.0. The molecule has 1 saturated carbocycles. The third-order valence-corrected chi connectivity index (χ3v) is 2.33. The van der Waals surface area contributed by atoms with Crippen molar-refractivity contribution in [3.8, 4) is 0 Å². The first-order valence-corrected chi connectivity index (χ1v) is 5.35. The van der Waals surface area contributed by atoms with Gasteiger partial charge in [-0.25, -0.2) is 0 Å². The van der Waals surface area contributed by atoms with Crippen LogP contribution in [-0.2, 0) is 0 Å². The molecule has 72 valence electrons. The van der Waals surface area contributed by atoms with Crippen LogP contribution in [0.25, 0.3) is 0 Å². The van der Waals surface area contributed by atoms with Gasteiger partial charge in [0.25, 0.3) is 0 Å². The van der Waals surface area contributed by atoms with Gasteiger partial charge in [-0.3, -0.25) is 0 Å². The standard InChI is InChI=1S/C10H22N2/c1-2-6-11-8-9-12-7-5-10-3-4-10/h10-12H,2-9H2,1H3. The summed E-state index contributed by atoms with van der Waals surface area (Å²) in [5, 5.41) is 6.83. The third-order valence-electron chi connectivity index (χ3n) is 2.33. The van der Waals surface area contributed by atoms with Crippen LogP contribution >= 0.6 is 0 Å². The Hall–Kier alpha value is -0.0800. The highest BCUT2D eigenvalue weighted by molar-refractivity contribution is 4.73. The summed E-state index contributed by atoms with van der Waals surface area (Å²) in [4.78, 5) is 0. The topological polar surface area (TPSA) is 24.1 Å². The molecule has 2 heteroatoms. The highest BCUT2D eigenvalue weighted by Crippen LogP contribution is 2.31. The van der Waals surface area contributed by atoms with Gasteiger partial charge < -0.3 is 10.6 Å². The summed E-state index contributed by atoms with van der Waals surface area (Å²) in [5.41, 5.74) is 0. The van der Waals surface area contributed by atoms with E-state index in [9.17, 15) is 0 Å². The van der Waals surface area contributed by atoms with Crippen molar-refractivity contribution in [1.29, 1.82) is 0 Å². The molecular weight excluding hydrogens is 148 g/mol. The molecule has 12 heavy (non-hydrogen) atoms. The van der Waals surface area contributed by atoms with E-state index >= 15 is 0 Å². The molecule has 0 atom stereocenters. The first-order chi connectivity index (χ1) is 5.93. The zero-order valence-electron chi connectivity index (χ0n) is 8.23. The third kappa shape index (κ3) is 5.56. The average molecular weight is 170 g/mol. The first-order valence-electron chi connectivity index (χ1n) is 5.35. The van der Waals surface area contributed by atoms with Gasteiger partial charge in [-0.2, -0.15) is 0 Å². The largest absolute Gasteiger partial charge is 0.315 e. The van der Waals surface area contributed by atoms with E-state index in [1.165, 1.54) is 32.2 Å². The highest BCUT2D eigenvalue weighted by Gasteiger charge is 2.19. The normalized spacial score (nSPS) is 16.8. The second-order valence-electron chi connectivity index (χ2n) is 3.73. The Morgan fingerprint density at radius 3 is 2.25 bits per heavy atom. The van der Waals surface area contributed by atoms with E-state index in [0.717, 1.165) is 25.6 Å². The molecule has 0 heterocycles. The lowest BCUT2D eigenvalue weighted by atomic mass is 10.3. The van der Waals surface area contributed by atoms with Gasteiger partial charge in [-0.05, 0) is 31.8 Å². The molecule has 0 saturated heterocycles. The van der Waals surface area contributed by atoms with Gasteiger partial charge in [0, 0.05) is 13.1 Å². The van der Waals surface area contributed by atoms with Gasteiger partial charge in [0.15, 0.2) is 0 Å². The molecule has 0 aliphatic heterocycles. The van der Waals surface area contributed by atoms with Crippen molar-refractivity contribution in [2.45, 2.75) is 32.6 Å². The molecule has 0 aromatic rings. The molecule has 1 rings (SSSR count). The van der Waals surface area contributed by atoms with Crippen LogP contribution in [0.3, 0.4) is 0 Å². The number of hydrogen-bond donors (Lipinski definition) is 2. The molecule has 0 aromatic heterocycles. The Kier molecular flexibility index (Phi) is 5.37. The van der Waals surface area contributed by atoms with Crippen molar-refractivity contribution in [3.05, 3.63) is 0 Å². The quantitative estimate of drug-likeness (QED) is 0.538. The Morgan fingerprint density at radius 1 is 1.00 bits per heavy atom. The predicted molar refractivity (Wildman–Crippen MR) is 53.4 cm³/mol. The number of hydrogen-bond acceptors (Lipinski definition) is 2. The van der Waals surface area contributed by atoms with Gasteiger partial charge in [0.05, 0.1) is 0 Å². The Morgan fingerprint density at radius 2 is 1.67 bits per heavy atom. The maximum absolute atomic E-state index is 3.45. The van der Waals surface area contributed by atoms with Crippen LogP contribution in [0, 0.1) is 5.92 Å². The Labute approximate surface area is 76.1 Å². The van der Waals surface area contributed by atoms with E-state index in [0.29, 0.717) is 0 Å². The molecule has 1 aliphatic rings. The summed E-state index contributed by atoms with van der Waals surface area (Å²) in [6.07, 6.45) is 5.60. The van der Waals surface area contributed by atoms with Crippen molar-refractivity contribution in [1.82, 2.24) is 10.6 Å². The summed E-state index contributed by atoms with van der Waals surface area (Å²) in [6.45, 7) is 6.83. The fourth-order valence-electron chi connectivity index (χ4n) is 1.32. The molecule has 1 fully saturated rings. The van der Waals surface area contributed by atoms with E-state index in [2.05, 4.69) is 17.6 Å². The van der Waals surface area contributed by atoms with Crippen molar-refractivity contribution >= 4 is 0 Å². The smallest absolute Gasteiger partial charge is 0.00767 e. The van der Waals surface area contributed by atoms with Gasteiger partial charge in [0.2, 0.25) is 0 Å². The Balaban J connectivity index is 1.65. The van der Waals surface area contributed by atoms with E-state index in [1.807, 2.05) is 0 Å². The zero-order valence-corrected chi connectivity index (χ0v) is 8.23. The Bertz CT molecular complexity index is 100. The van der Waals surface area contributed by atoms with Gasteiger partial charge in [-0.15, -0.1) is 0 Å². The predicted octanol–water partition coefficient (Wildman–Crippen LogP) is 1.38. The van der Waals surface area contributed by atoms with Gasteiger partial charge in [0.1, 0.15) is 0 Å². The van der Waals surface area contributed by atoms with Crippen LogP contribution in [0.4, 0.5) is 0 Å². The van der Waals surface area contributed by atoms with Crippen LogP contribution in [0.15, 0.2) is 0 Å². The molecule has 0 bridgehead atoms. The van der Waals surface area contributed by atoms with Crippen molar-refractivity contribution in [2.24, 2.45) is 5.92 Å². The molecule has 1 aliphatic carbocycles. The molecular formula is C10H22N2. The summed E-state index contributed by atoms with van der Waals surface area (Å²) < 4.78 is 0. The molecule has 0 aromatic carbocycles. The summed E-state index contributed by atoms with van der Waals surface area (Å²) in [5.74, 6) is 1.07. The minimum absolute atomic E-state index is 1.07. The molecule has 0 radical (unpaired) electrons. The van der Waals surface area contributed by atoms with Crippen LogP contribution in [0.2, 0.25) is 0 Å². The fraction of sp³-hybridized carbons (Fsp3) is 1.00. The van der Waals surface area contributed by atoms with Crippen LogP contribution in [-0.4, -0.2) is 26.2 Å². The molecule has 0 unspecified atom stereocenters. The molecule has 0 amide bonds. The SMILES string of the molecule is CCCNCCNCCC1CC1. The lowest BCUT2D eigenvalue weighted by Gasteiger charge is -2.04. The van der Waals surface area contributed by atoms with E-state index < -0.39 is 0 Å². The van der Waals surface area contributed by atoms with Gasteiger partial charge in [-0.1, -0.05) is 19.8 Å². The molecule has 0 spiro atoms. The maximum atomic E-state index is 3.45. The number of rotatable bonds is 8. The highest BCUT2D eigenvalue weighted by atomic mass is 14.9. The lowest BCUT2D eigenvalue weighted by Crippen LogP contribution is -2.28. The van der Waals surface area contributed by atoms with Crippen molar-refractivity contribution in [2.75, 3.05) is 26.2 Å². The van der Waals surface area contributed by atoms with Crippen molar-refractivity contribution in [3.63, 3.8) is 0 Å². The lowest BCUT2D eigenvalue weighted by molar-refractivity contribution is 0.577. The van der Waals surface area contributed by atoms with E-state index in [1.54, 1.807) is 0 Å². The second-order valence-corrected chi connectivity index (χ2v) is 3.73. The van der Waals surface area contributed by atoms with Crippen LogP contribution < -0.4 is 10.6 Å². The number of nitrogens with one attached hydrogen (secondary N) is 2. The minimum atomic E-state index is 1.07. The van der Waals surface area contributed by atoms with Crippen LogP contribution in [0.5, 0.6) is 0 Å². The summed E-state index contributed by atoms with van der Waals surface area (Å²) in [6, 6.07) is 0. The van der Waals surface area contributed by atoms with Gasteiger partial charge >= 0.3 is 0 Å². The molecule has 2 N–H and O–H groups in total. The van der Waals surface area contributed by atoms with Crippen LogP contribution in [0.1, 0.15) is 32.6 Å². The maximum Gasteiger partial charge on any atom is 0.00767 e. The fourth-order valence-corrected chi connectivity index (χ4v) is 1.32. The van der Waals surface area contributed by atoms with Crippen molar-refractivity contribution < 1.29 is 0 Å². The van der Waals surface area contributed by atoms with E-state index in [-0.39, 0.29) is 0 Å². The molecule has 2 nitrogen and oxygen atoms in total. The summed E-state index contributed by atoms with van der Waals surface area (Å²) >= 11 is 0. The minimum Gasteiger partial charge on any atom is -0.315 e. The summed E-state index contributed by atoms with van der Waals surface area (Å²) in [7, 11) is 0. The zero-order chi connectivity index (χ0) is 8.65. The second kappa shape index (κ2) is 6.44.